The first-order valence-corrected chi connectivity index (χ1v) is 9.77. The highest BCUT2D eigenvalue weighted by molar-refractivity contribution is 7.92. The molecule has 0 spiro atoms. The van der Waals surface area contributed by atoms with E-state index in [4.69, 9.17) is 0 Å². The SMILES string of the molecule is Cc1cc2nc(NC(=O)CS(=O)(=O)c3ccccc3)sc2cc1C. The summed E-state index contributed by atoms with van der Waals surface area (Å²) in [5.41, 5.74) is 3.07. The van der Waals surface area contributed by atoms with E-state index >= 15 is 0 Å². The molecule has 1 heterocycles. The monoisotopic (exact) mass is 360 g/mol. The number of nitrogens with one attached hydrogen (secondary N) is 1. The lowest BCUT2D eigenvalue weighted by molar-refractivity contribution is -0.113. The molecule has 2 aromatic carbocycles. The minimum absolute atomic E-state index is 0.135. The molecule has 5 nitrogen and oxygen atoms in total. The van der Waals surface area contributed by atoms with Crippen molar-refractivity contribution in [2.75, 3.05) is 11.1 Å². The molecule has 1 aromatic heterocycles. The Bertz CT molecular complexity index is 970. The highest BCUT2D eigenvalue weighted by Crippen LogP contribution is 2.28. The van der Waals surface area contributed by atoms with E-state index in [0.29, 0.717) is 5.13 Å². The third kappa shape index (κ3) is 3.47. The van der Waals surface area contributed by atoms with Crippen molar-refractivity contribution >= 4 is 42.4 Å². The smallest absolute Gasteiger partial charge is 0.241 e. The van der Waals surface area contributed by atoms with Crippen molar-refractivity contribution in [3.63, 3.8) is 0 Å². The molecule has 3 aromatic rings. The molecule has 0 aliphatic heterocycles. The molecule has 0 bridgehead atoms. The van der Waals surface area contributed by atoms with Gasteiger partial charge >= 0.3 is 0 Å². The number of amides is 1. The highest BCUT2D eigenvalue weighted by atomic mass is 32.2. The van der Waals surface area contributed by atoms with Gasteiger partial charge in [-0.15, -0.1) is 0 Å². The Kier molecular flexibility index (Phi) is 4.38. The second kappa shape index (κ2) is 6.33. The number of fused-ring (bicyclic) bond motifs is 1. The molecular formula is C17H16N2O3S2. The molecule has 0 fully saturated rings. The van der Waals surface area contributed by atoms with E-state index in [1.807, 2.05) is 26.0 Å². The predicted octanol–water partition coefficient (Wildman–Crippen LogP) is 3.33. The van der Waals surface area contributed by atoms with Gasteiger partial charge in [0.2, 0.25) is 5.91 Å². The molecule has 0 radical (unpaired) electrons. The molecule has 124 valence electrons. The summed E-state index contributed by atoms with van der Waals surface area (Å²) in [5.74, 6) is -1.20. The van der Waals surface area contributed by atoms with E-state index < -0.39 is 21.5 Å². The van der Waals surface area contributed by atoms with Crippen molar-refractivity contribution in [2.24, 2.45) is 0 Å². The van der Waals surface area contributed by atoms with Crippen LogP contribution >= 0.6 is 11.3 Å². The Morgan fingerprint density at radius 3 is 2.50 bits per heavy atom. The minimum atomic E-state index is -3.66. The van der Waals surface area contributed by atoms with Gasteiger partial charge < -0.3 is 5.32 Å². The molecule has 1 amide bonds. The van der Waals surface area contributed by atoms with Gasteiger partial charge in [-0.05, 0) is 49.2 Å². The number of hydrogen-bond donors (Lipinski definition) is 1. The molecule has 0 atom stereocenters. The molecule has 3 rings (SSSR count). The van der Waals surface area contributed by atoms with Crippen molar-refractivity contribution in [3.05, 3.63) is 53.6 Å². The van der Waals surface area contributed by atoms with Gasteiger partial charge in [-0.1, -0.05) is 29.5 Å². The topological polar surface area (TPSA) is 76.1 Å². The molecule has 7 heteroatoms. The van der Waals surface area contributed by atoms with Gasteiger partial charge in [0.05, 0.1) is 15.1 Å². The number of anilines is 1. The number of benzene rings is 2. The lowest BCUT2D eigenvalue weighted by atomic mass is 10.1. The summed E-state index contributed by atoms with van der Waals surface area (Å²) in [6.45, 7) is 4.01. The van der Waals surface area contributed by atoms with E-state index in [9.17, 15) is 13.2 Å². The molecule has 0 unspecified atom stereocenters. The van der Waals surface area contributed by atoms with Crippen LogP contribution in [0.4, 0.5) is 5.13 Å². The largest absolute Gasteiger partial charge is 0.301 e. The summed E-state index contributed by atoms with van der Waals surface area (Å²) in [6, 6.07) is 11.9. The van der Waals surface area contributed by atoms with E-state index in [1.165, 1.54) is 23.5 Å². The summed E-state index contributed by atoms with van der Waals surface area (Å²) in [4.78, 5) is 16.6. The van der Waals surface area contributed by atoms with Gasteiger partial charge in [0.25, 0.3) is 0 Å². The predicted molar refractivity (Wildman–Crippen MR) is 96.2 cm³/mol. The number of rotatable bonds is 4. The van der Waals surface area contributed by atoms with Gasteiger partial charge in [-0.3, -0.25) is 4.79 Å². The van der Waals surface area contributed by atoms with Crippen molar-refractivity contribution in [3.8, 4) is 0 Å². The maximum atomic E-state index is 12.2. The zero-order chi connectivity index (χ0) is 17.3. The zero-order valence-corrected chi connectivity index (χ0v) is 14.9. The number of thiazole rings is 1. The standard InChI is InChI=1S/C17H16N2O3S2/c1-11-8-14-15(9-12(11)2)23-17(18-14)19-16(20)10-24(21,22)13-6-4-3-5-7-13/h3-9H,10H2,1-2H3,(H,18,19,20). The van der Waals surface area contributed by atoms with Crippen LogP contribution in [0.15, 0.2) is 47.4 Å². The van der Waals surface area contributed by atoms with Crippen LogP contribution in [-0.4, -0.2) is 25.1 Å². The van der Waals surface area contributed by atoms with Crippen LogP contribution in [0.5, 0.6) is 0 Å². The average Bonchev–Trinajstić information content (AvgIpc) is 2.89. The van der Waals surface area contributed by atoms with Gasteiger partial charge in [-0.2, -0.15) is 0 Å². The fourth-order valence-electron chi connectivity index (χ4n) is 2.27. The number of aromatic nitrogens is 1. The van der Waals surface area contributed by atoms with Crippen LogP contribution in [0.3, 0.4) is 0 Å². The van der Waals surface area contributed by atoms with Gasteiger partial charge in [-0.25, -0.2) is 13.4 Å². The van der Waals surface area contributed by atoms with Gasteiger partial charge in [0.15, 0.2) is 15.0 Å². The number of aryl methyl sites for hydroxylation is 2. The third-order valence-corrected chi connectivity index (χ3v) is 6.24. The zero-order valence-electron chi connectivity index (χ0n) is 13.2. The molecule has 24 heavy (non-hydrogen) atoms. The number of hydrogen-bond acceptors (Lipinski definition) is 5. The van der Waals surface area contributed by atoms with Crippen molar-refractivity contribution in [1.29, 1.82) is 0 Å². The first-order chi connectivity index (χ1) is 11.3. The highest BCUT2D eigenvalue weighted by Gasteiger charge is 2.20. The lowest BCUT2D eigenvalue weighted by Gasteiger charge is -2.04. The van der Waals surface area contributed by atoms with Crippen LogP contribution in [0.2, 0.25) is 0 Å². The lowest BCUT2D eigenvalue weighted by Crippen LogP contribution is -2.22. The quantitative estimate of drug-likeness (QED) is 0.774. The Labute approximate surface area is 144 Å². The Morgan fingerprint density at radius 1 is 1.12 bits per heavy atom. The number of nitrogens with zero attached hydrogens (tertiary/aromatic N) is 1. The maximum absolute atomic E-state index is 12.2. The summed E-state index contributed by atoms with van der Waals surface area (Å²) in [6.07, 6.45) is 0. The minimum Gasteiger partial charge on any atom is -0.301 e. The molecule has 1 N–H and O–H groups in total. The normalized spacial score (nSPS) is 11.6. The Morgan fingerprint density at radius 2 is 1.79 bits per heavy atom. The number of sulfone groups is 1. The van der Waals surface area contributed by atoms with Crippen LogP contribution in [0, 0.1) is 13.8 Å². The second-order valence-electron chi connectivity index (χ2n) is 5.54. The van der Waals surface area contributed by atoms with Crippen LogP contribution in [-0.2, 0) is 14.6 Å². The molecular weight excluding hydrogens is 344 g/mol. The fraction of sp³-hybridized carbons (Fsp3) is 0.176. The first-order valence-electron chi connectivity index (χ1n) is 7.30. The molecule has 0 aliphatic rings. The summed E-state index contributed by atoms with van der Waals surface area (Å²) < 4.78 is 25.4. The van der Waals surface area contributed by atoms with E-state index in [0.717, 1.165) is 21.3 Å². The Hall–Kier alpha value is -2.25. The summed E-state index contributed by atoms with van der Waals surface area (Å²) in [5, 5.41) is 2.99. The van der Waals surface area contributed by atoms with Crippen molar-refractivity contribution in [1.82, 2.24) is 4.98 Å². The summed E-state index contributed by atoms with van der Waals surface area (Å²) in [7, 11) is -3.66. The van der Waals surface area contributed by atoms with Gasteiger partial charge in [0.1, 0.15) is 5.75 Å². The molecule has 0 aliphatic carbocycles. The second-order valence-corrected chi connectivity index (χ2v) is 8.56. The number of carbonyl (C=O) groups is 1. The van der Waals surface area contributed by atoms with Crippen molar-refractivity contribution in [2.45, 2.75) is 18.7 Å². The fourth-order valence-corrected chi connectivity index (χ4v) is 4.39. The van der Waals surface area contributed by atoms with Gasteiger partial charge in [0, 0.05) is 0 Å². The average molecular weight is 360 g/mol. The Balaban J connectivity index is 1.78. The van der Waals surface area contributed by atoms with Crippen LogP contribution < -0.4 is 5.32 Å². The van der Waals surface area contributed by atoms with Crippen LogP contribution in [0.25, 0.3) is 10.2 Å². The third-order valence-electron chi connectivity index (χ3n) is 3.67. The first kappa shape index (κ1) is 16.6. The van der Waals surface area contributed by atoms with Crippen molar-refractivity contribution < 1.29 is 13.2 Å². The van der Waals surface area contributed by atoms with E-state index in [2.05, 4.69) is 10.3 Å². The summed E-state index contributed by atoms with van der Waals surface area (Å²) >= 11 is 1.33. The van der Waals surface area contributed by atoms with E-state index in [1.54, 1.807) is 18.2 Å². The maximum Gasteiger partial charge on any atom is 0.241 e. The van der Waals surface area contributed by atoms with E-state index in [-0.39, 0.29) is 4.90 Å². The molecule has 0 saturated heterocycles. The molecule has 0 saturated carbocycles. The van der Waals surface area contributed by atoms with Crippen LogP contribution in [0.1, 0.15) is 11.1 Å². The number of carbonyl (C=O) groups excluding carboxylic acids is 1.